The van der Waals surface area contributed by atoms with Crippen molar-refractivity contribution in [3.63, 3.8) is 0 Å². The number of aliphatic imine (C=N–C) groups is 1. The van der Waals surface area contributed by atoms with Crippen molar-refractivity contribution >= 4 is 5.71 Å². The zero-order chi connectivity index (χ0) is 15.0. The first-order valence-electron chi connectivity index (χ1n) is 7.55. The van der Waals surface area contributed by atoms with E-state index in [2.05, 4.69) is 4.99 Å². The molecule has 0 saturated carbocycles. The third-order valence-electron chi connectivity index (χ3n) is 2.23. The van der Waals surface area contributed by atoms with Crippen LogP contribution in [0.5, 0.6) is 0 Å². The van der Waals surface area contributed by atoms with Gasteiger partial charge in [0.1, 0.15) is 0 Å². The van der Waals surface area contributed by atoms with E-state index in [1.807, 2.05) is 0 Å². The monoisotopic (exact) mass is 191 g/mol. The molecule has 0 bridgehead atoms. The van der Waals surface area contributed by atoms with Crippen LogP contribution in [0.3, 0.4) is 0 Å². The zero-order valence-electron chi connectivity index (χ0n) is 13.7. The minimum Gasteiger partial charge on any atom is -0.261 e. The maximum Gasteiger partial charge on any atom is 0.0479 e. The van der Waals surface area contributed by atoms with Crippen LogP contribution < -0.4 is 0 Å². The molecule has 1 heteroatoms. The molecule has 1 aromatic carbocycles. The molecule has 72 valence electrons. The third kappa shape index (κ3) is 1.92. The number of aryl methyl sites for hydroxylation is 1. The number of allylic oxidation sites excluding steroid dienone is 1. The van der Waals surface area contributed by atoms with Crippen LogP contribution in [0.15, 0.2) is 41.0 Å². The van der Waals surface area contributed by atoms with E-state index in [0.717, 1.165) is 11.3 Å². The van der Waals surface area contributed by atoms with Gasteiger partial charge in [0, 0.05) is 20.1 Å². The van der Waals surface area contributed by atoms with Crippen molar-refractivity contribution in [3.8, 4) is 0 Å². The molecule has 0 aromatic heterocycles. The molecule has 0 amide bonds. The lowest BCUT2D eigenvalue weighted by Gasteiger charge is -2.10. The highest BCUT2D eigenvalue weighted by Gasteiger charge is 2.06. The molecule has 1 aliphatic heterocycles. The fourth-order valence-electron chi connectivity index (χ4n) is 1.42. The van der Waals surface area contributed by atoms with Gasteiger partial charge in [-0.25, -0.2) is 0 Å². The Morgan fingerprint density at radius 3 is 2.57 bits per heavy atom. The second-order valence-electron chi connectivity index (χ2n) is 3.31. The standard InChI is InChI=1S/C13H15N/c1-10-3-6-12(7-4-10)13-8-5-11(2)9-14-13/h3-4,6-7,9H,5,8H2,1-2H3/i1D3,2D3. The van der Waals surface area contributed by atoms with Crippen LogP contribution in [-0.4, -0.2) is 5.71 Å². The van der Waals surface area contributed by atoms with Gasteiger partial charge in [0.05, 0.1) is 0 Å². The van der Waals surface area contributed by atoms with Gasteiger partial charge in [-0.1, -0.05) is 35.4 Å². The highest BCUT2D eigenvalue weighted by atomic mass is 14.7. The molecule has 1 heterocycles. The Kier molecular flexibility index (Phi) is 1.20. The summed E-state index contributed by atoms with van der Waals surface area (Å²) in [6.07, 6.45) is 2.41. The van der Waals surface area contributed by atoms with Gasteiger partial charge in [-0.2, -0.15) is 0 Å². The van der Waals surface area contributed by atoms with E-state index in [0.29, 0.717) is 18.4 Å². The van der Waals surface area contributed by atoms with Gasteiger partial charge in [0.2, 0.25) is 0 Å². The van der Waals surface area contributed by atoms with Crippen LogP contribution in [-0.2, 0) is 0 Å². The molecule has 0 saturated heterocycles. The van der Waals surface area contributed by atoms with Crippen molar-refractivity contribution < 1.29 is 8.22 Å². The molecule has 0 aliphatic carbocycles. The van der Waals surface area contributed by atoms with Crippen molar-refractivity contribution in [2.45, 2.75) is 26.5 Å². The summed E-state index contributed by atoms with van der Waals surface area (Å²) in [6, 6.07) is 6.56. The summed E-state index contributed by atoms with van der Waals surface area (Å²) in [5.74, 6) is 0. The van der Waals surface area contributed by atoms with Gasteiger partial charge in [-0.05, 0) is 32.1 Å². The number of hydrogen-bond acceptors (Lipinski definition) is 1. The normalized spacial score (nSPS) is 24.3. The van der Waals surface area contributed by atoms with Crippen molar-refractivity contribution in [3.05, 3.63) is 47.2 Å². The van der Waals surface area contributed by atoms with Gasteiger partial charge < -0.3 is 0 Å². The molecule has 14 heavy (non-hydrogen) atoms. The first kappa shape index (κ1) is 4.43. The maximum absolute atomic E-state index is 7.33. The van der Waals surface area contributed by atoms with Gasteiger partial charge in [-0.3, -0.25) is 4.99 Å². The van der Waals surface area contributed by atoms with Crippen LogP contribution in [0.2, 0.25) is 0 Å². The predicted octanol–water partition coefficient (Wildman–Crippen LogP) is 3.48. The van der Waals surface area contributed by atoms with Crippen LogP contribution in [0.1, 0.15) is 39.0 Å². The topological polar surface area (TPSA) is 12.4 Å². The summed E-state index contributed by atoms with van der Waals surface area (Å²) in [5, 5.41) is 0. The lowest BCUT2D eigenvalue weighted by atomic mass is 10.0. The molecule has 0 atom stereocenters. The third-order valence-corrected chi connectivity index (χ3v) is 2.23. The van der Waals surface area contributed by atoms with Crippen LogP contribution in [0.25, 0.3) is 0 Å². The highest BCUT2D eigenvalue weighted by molar-refractivity contribution is 6.01. The minimum absolute atomic E-state index is 0.288. The first-order valence-corrected chi connectivity index (χ1v) is 4.55. The van der Waals surface area contributed by atoms with Gasteiger partial charge in [-0.15, -0.1) is 0 Å². The Hall–Kier alpha value is -1.37. The zero-order valence-corrected chi connectivity index (χ0v) is 7.75. The fourth-order valence-corrected chi connectivity index (χ4v) is 1.42. The van der Waals surface area contributed by atoms with Crippen LogP contribution in [0, 0.1) is 6.85 Å². The molecule has 0 radical (unpaired) electrons. The molecule has 0 unspecified atom stereocenters. The molecular weight excluding hydrogens is 170 g/mol. The van der Waals surface area contributed by atoms with E-state index in [9.17, 15) is 0 Å². The molecule has 2 rings (SSSR count). The quantitative estimate of drug-likeness (QED) is 0.644. The molecular formula is C13H15N. The van der Waals surface area contributed by atoms with Gasteiger partial charge >= 0.3 is 0 Å². The first-order chi connectivity index (χ1) is 9.18. The number of rotatable bonds is 1. The summed E-state index contributed by atoms with van der Waals surface area (Å²) >= 11 is 0. The summed E-state index contributed by atoms with van der Waals surface area (Å²) in [5.41, 5.74) is 2.27. The van der Waals surface area contributed by atoms with Crippen molar-refractivity contribution in [2.75, 3.05) is 0 Å². The Balaban J connectivity index is 2.22. The van der Waals surface area contributed by atoms with Crippen LogP contribution in [0.4, 0.5) is 0 Å². The van der Waals surface area contributed by atoms with Crippen molar-refractivity contribution in [1.29, 1.82) is 0 Å². The second-order valence-corrected chi connectivity index (χ2v) is 3.31. The number of hydrogen-bond donors (Lipinski definition) is 0. The van der Waals surface area contributed by atoms with E-state index in [1.54, 1.807) is 24.3 Å². The SMILES string of the molecule is [2H]C([2H])([2H])C1=CN=C(c2ccc(C([2H])([2H])[2H])cc2)CC1. The number of nitrogens with zero attached hydrogens (tertiary/aromatic N) is 1. The number of benzene rings is 1. The van der Waals surface area contributed by atoms with Gasteiger partial charge in [0.15, 0.2) is 0 Å². The lowest BCUT2D eigenvalue weighted by molar-refractivity contribution is 0.976. The second kappa shape index (κ2) is 3.79. The Morgan fingerprint density at radius 1 is 1.14 bits per heavy atom. The smallest absolute Gasteiger partial charge is 0.0479 e. The summed E-state index contributed by atoms with van der Waals surface area (Å²) in [6.45, 7) is -4.19. The average molecular weight is 191 g/mol. The molecule has 0 N–H and O–H groups in total. The fraction of sp³-hybridized carbons (Fsp3) is 0.308. The van der Waals surface area contributed by atoms with E-state index >= 15 is 0 Å². The van der Waals surface area contributed by atoms with E-state index in [1.165, 1.54) is 6.20 Å². The molecule has 0 fully saturated rings. The minimum atomic E-state index is -2.11. The van der Waals surface area contributed by atoms with E-state index in [-0.39, 0.29) is 5.56 Å². The van der Waals surface area contributed by atoms with Crippen molar-refractivity contribution in [2.24, 2.45) is 4.99 Å². The van der Waals surface area contributed by atoms with E-state index in [4.69, 9.17) is 8.22 Å². The van der Waals surface area contributed by atoms with Gasteiger partial charge in [0.25, 0.3) is 0 Å². The molecule has 1 aliphatic rings. The molecule has 0 spiro atoms. The molecule has 1 nitrogen and oxygen atoms in total. The maximum atomic E-state index is 7.33. The highest BCUT2D eigenvalue weighted by Crippen LogP contribution is 2.16. The van der Waals surface area contributed by atoms with E-state index < -0.39 is 13.7 Å². The average Bonchev–Trinajstić information content (AvgIpc) is 2.37. The Labute approximate surface area is 93.6 Å². The Morgan fingerprint density at radius 2 is 2.00 bits per heavy atom. The molecule has 1 aromatic rings. The summed E-state index contributed by atoms with van der Waals surface area (Å²) in [7, 11) is 0. The largest absolute Gasteiger partial charge is 0.261 e. The van der Waals surface area contributed by atoms with Crippen LogP contribution >= 0.6 is 0 Å². The lowest BCUT2D eigenvalue weighted by Crippen LogP contribution is -2.04. The van der Waals surface area contributed by atoms with Crippen molar-refractivity contribution in [1.82, 2.24) is 0 Å². The summed E-state index contributed by atoms with van der Waals surface area (Å²) in [4.78, 5) is 4.19. The summed E-state index contributed by atoms with van der Waals surface area (Å²) < 4.78 is 43.9. The predicted molar refractivity (Wildman–Crippen MR) is 60.7 cm³/mol. The Bertz CT molecular complexity index is 548.